The van der Waals surface area contributed by atoms with Gasteiger partial charge in [-0.1, -0.05) is 23.2 Å². The molecule has 0 aromatic carbocycles. The van der Waals surface area contributed by atoms with Crippen LogP contribution in [0.25, 0.3) is 0 Å². The van der Waals surface area contributed by atoms with Crippen molar-refractivity contribution >= 4 is 29.1 Å². The molecule has 0 saturated heterocycles. The van der Waals surface area contributed by atoms with E-state index >= 15 is 0 Å². The van der Waals surface area contributed by atoms with Crippen LogP contribution in [0.15, 0.2) is 29.0 Å². The number of carbonyl (C=O) groups is 1. The molecule has 0 bridgehead atoms. The van der Waals surface area contributed by atoms with Crippen molar-refractivity contribution in [2.75, 3.05) is 7.05 Å². The average Bonchev–Trinajstić information content (AvgIpc) is 2.77. The summed E-state index contributed by atoms with van der Waals surface area (Å²) in [6.07, 6.45) is 3.01. The summed E-state index contributed by atoms with van der Waals surface area (Å²) in [5.41, 5.74) is 1.36. The van der Waals surface area contributed by atoms with Crippen molar-refractivity contribution in [1.29, 1.82) is 0 Å². The number of carbonyl (C=O) groups excluding carboxylic acids is 1. The maximum absolute atomic E-state index is 12.2. The molecule has 2 rings (SSSR count). The molecule has 0 atom stereocenters. The van der Waals surface area contributed by atoms with E-state index < -0.39 is 0 Å². The Kier molecular flexibility index (Phi) is 4.12. The minimum atomic E-state index is -0.174. The van der Waals surface area contributed by atoms with Crippen molar-refractivity contribution in [1.82, 2.24) is 9.88 Å². The Hall–Kier alpha value is -1.52. The number of aryl methyl sites for hydroxylation is 1. The first-order valence-corrected chi connectivity index (χ1v) is 6.34. The second kappa shape index (κ2) is 5.63. The van der Waals surface area contributed by atoms with Gasteiger partial charge in [-0.05, 0) is 19.1 Å². The molecule has 0 unspecified atom stereocenters. The Morgan fingerprint density at radius 3 is 2.79 bits per heavy atom. The number of halogens is 2. The molecular formula is C13H12Cl2N2O2. The van der Waals surface area contributed by atoms with E-state index in [1.165, 1.54) is 12.3 Å². The number of rotatable bonds is 3. The predicted octanol–water partition coefficient (Wildman–Crippen LogP) is 3.56. The van der Waals surface area contributed by atoms with Gasteiger partial charge in [-0.3, -0.25) is 4.79 Å². The highest BCUT2D eigenvalue weighted by atomic mass is 35.5. The smallest absolute Gasteiger partial charge is 0.255 e. The maximum Gasteiger partial charge on any atom is 0.255 e. The largest absolute Gasteiger partial charge is 0.469 e. The van der Waals surface area contributed by atoms with Crippen molar-refractivity contribution in [3.8, 4) is 0 Å². The van der Waals surface area contributed by atoms with Crippen LogP contribution >= 0.6 is 23.2 Å². The van der Waals surface area contributed by atoms with Gasteiger partial charge in [0.25, 0.3) is 5.91 Å². The van der Waals surface area contributed by atoms with Crippen LogP contribution in [0, 0.1) is 6.92 Å². The summed E-state index contributed by atoms with van der Waals surface area (Å²) < 4.78 is 5.20. The fourth-order valence-electron chi connectivity index (χ4n) is 1.66. The zero-order chi connectivity index (χ0) is 14.0. The van der Waals surface area contributed by atoms with Crippen molar-refractivity contribution < 1.29 is 9.21 Å². The zero-order valence-corrected chi connectivity index (χ0v) is 12.0. The second-order valence-corrected chi connectivity index (χ2v) is 4.93. The lowest BCUT2D eigenvalue weighted by Gasteiger charge is -2.16. The van der Waals surface area contributed by atoms with Crippen molar-refractivity contribution in [2.24, 2.45) is 0 Å². The molecule has 0 N–H and O–H groups in total. The third-order valence-electron chi connectivity index (χ3n) is 2.76. The number of hydrogen-bond acceptors (Lipinski definition) is 3. The molecule has 0 spiro atoms. The number of amides is 1. The maximum atomic E-state index is 12.2. The molecule has 0 aliphatic heterocycles. The van der Waals surface area contributed by atoms with E-state index in [4.69, 9.17) is 27.6 Å². The van der Waals surface area contributed by atoms with Crippen LogP contribution < -0.4 is 0 Å². The van der Waals surface area contributed by atoms with Crippen LogP contribution in [-0.2, 0) is 6.54 Å². The Morgan fingerprint density at radius 1 is 1.47 bits per heavy atom. The van der Waals surface area contributed by atoms with Gasteiger partial charge in [0.05, 0.1) is 16.8 Å². The van der Waals surface area contributed by atoms with Gasteiger partial charge in [-0.15, -0.1) is 0 Å². The van der Waals surface area contributed by atoms with Gasteiger partial charge in [0.2, 0.25) is 0 Å². The summed E-state index contributed by atoms with van der Waals surface area (Å²) in [5.74, 6) is 0.624. The number of furan rings is 1. The molecule has 2 aromatic heterocycles. The molecule has 4 nitrogen and oxygen atoms in total. The topological polar surface area (TPSA) is 46.3 Å². The Bertz CT molecular complexity index is 610. The summed E-state index contributed by atoms with van der Waals surface area (Å²) in [7, 11) is 1.71. The van der Waals surface area contributed by atoms with Gasteiger partial charge < -0.3 is 9.32 Å². The van der Waals surface area contributed by atoms with E-state index in [9.17, 15) is 4.79 Å². The first-order chi connectivity index (χ1) is 8.99. The number of pyridine rings is 1. The van der Waals surface area contributed by atoms with Gasteiger partial charge in [-0.25, -0.2) is 4.98 Å². The molecule has 2 heterocycles. The number of hydrogen-bond donors (Lipinski definition) is 0. The van der Waals surface area contributed by atoms with E-state index in [0.29, 0.717) is 12.1 Å². The average molecular weight is 299 g/mol. The summed E-state index contributed by atoms with van der Waals surface area (Å²) in [5, 5.41) is 0.451. The lowest BCUT2D eigenvalue weighted by atomic mass is 10.2. The Labute approximate surface area is 120 Å². The summed E-state index contributed by atoms with van der Waals surface area (Å²) in [6.45, 7) is 2.32. The van der Waals surface area contributed by atoms with Gasteiger partial charge in [-0.2, -0.15) is 0 Å². The first-order valence-electron chi connectivity index (χ1n) is 5.58. The van der Waals surface area contributed by atoms with Gasteiger partial charge in [0.15, 0.2) is 0 Å². The van der Waals surface area contributed by atoms with E-state index in [1.54, 1.807) is 18.2 Å². The zero-order valence-electron chi connectivity index (χ0n) is 10.5. The predicted molar refractivity (Wildman–Crippen MR) is 73.5 cm³/mol. The molecule has 19 heavy (non-hydrogen) atoms. The lowest BCUT2D eigenvalue weighted by molar-refractivity contribution is 0.0784. The third kappa shape index (κ3) is 3.08. The highest BCUT2D eigenvalue weighted by Crippen LogP contribution is 2.21. The monoisotopic (exact) mass is 298 g/mol. The molecule has 1 amide bonds. The van der Waals surface area contributed by atoms with Gasteiger partial charge in [0, 0.05) is 25.4 Å². The van der Waals surface area contributed by atoms with Crippen LogP contribution in [0.2, 0.25) is 10.2 Å². The Balaban J connectivity index is 2.15. The second-order valence-electron chi connectivity index (χ2n) is 4.16. The molecule has 0 aliphatic carbocycles. The normalized spacial score (nSPS) is 10.5. The van der Waals surface area contributed by atoms with Crippen molar-refractivity contribution in [3.63, 3.8) is 0 Å². The Morgan fingerprint density at radius 2 is 2.21 bits per heavy atom. The van der Waals surface area contributed by atoms with Crippen LogP contribution in [-0.4, -0.2) is 22.8 Å². The summed E-state index contributed by atoms with van der Waals surface area (Å²) in [4.78, 5) is 17.6. The number of aromatic nitrogens is 1. The fourth-order valence-corrected chi connectivity index (χ4v) is 1.93. The molecule has 0 fully saturated rings. The van der Waals surface area contributed by atoms with Crippen molar-refractivity contribution in [3.05, 3.63) is 51.7 Å². The van der Waals surface area contributed by atoms with E-state index in [1.807, 2.05) is 13.0 Å². The van der Waals surface area contributed by atoms with E-state index in [0.717, 1.165) is 11.3 Å². The van der Waals surface area contributed by atoms with Crippen molar-refractivity contribution in [2.45, 2.75) is 13.5 Å². The fraction of sp³-hybridized carbons (Fsp3) is 0.231. The van der Waals surface area contributed by atoms with Gasteiger partial charge in [0.1, 0.15) is 10.9 Å². The van der Waals surface area contributed by atoms with Crippen LogP contribution in [0.5, 0.6) is 0 Å². The molecule has 100 valence electrons. The minimum Gasteiger partial charge on any atom is -0.469 e. The quantitative estimate of drug-likeness (QED) is 0.814. The van der Waals surface area contributed by atoms with E-state index in [2.05, 4.69) is 4.98 Å². The van der Waals surface area contributed by atoms with Crippen LogP contribution in [0.3, 0.4) is 0 Å². The van der Waals surface area contributed by atoms with Crippen LogP contribution in [0.4, 0.5) is 0 Å². The summed E-state index contributed by atoms with van der Waals surface area (Å²) in [6, 6.07) is 3.35. The highest BCUT2D eigenvalue weighted by Gasteiger charge is 2.15. The molecule has 0 aliphatic rings. The highest BCUT2D eigenvalue weighted by molar-refractivity contribution is 6.41. The molecular weight excluding hydrogens is 287 g/mol. The first kappa shape index (κ1) is 13.9. The number of nitrogens with zero attached hydrogens (tertiary/aromatic N) is 2. The van der Waals surface area contributed by atoms with E-state index in [-0.39, 0.29) is 16.1 Å². The molecule has 0 saturated carbocycles. The molecule has 0 radical (unpaired) electrons. The third-order valence-corrected chi connectivity index (χ3v) is 3.45. The lowest BCUT2D eigenvalue weighted by Crippen LogP contribution is -2.26. The molecule has 2 aromatic rings. The SMILES string of the molecule is Cc1occc1CN(C)C(=O)c1cnc(Cl)c(Cl)c1. The standard InChI is InChI=1S/C13H12Cl2N2O2/c1-8-9(3-4-19-8)7-17(2)13(18)10-5-11(14)12(15)16-6-10/h3-6H,7H2,1-2H3. The minimum absolute atomic E-state index is 0.174. The van der Waals surface area contributed by atoms with Gasteiger partial charge >= 0.3 is 0 Å². The summed E-state index contributed by atoms with van der Waals surface area (Å²) >= 11 is 11.6. The molecule has 6 heteroatoms. The van der Waals surface area contributed by atoms with Crippen LogP contribution in [0.1, 0.15) is 21.7 Å².